The SMILES string of the molecule is COC(=O)[C@]1(C)C[C@@H](CO)[C@@H](c2cccc3ccccc23)N1. The van der Waals surface area contributed by atoms with Gasteiger partial charge in [0.2, 0.25) is 0 Å². The summed E-state index contributed by atoms with van der Waals surface area (Å²) in [5.41, 5.74) is 0.355. The number of aliphatic hydroxyl groups excluding tert-OH is 1. The Bertz CT molecular complexity index is 694. The maximum atomic E-state index is 12.1. The van der Waals surface area contributed by atoms with Crippen molar-refractivity contribution in [3.05, 3.63) is 48.0 Å². The highest BCUT2D eigenvalue weighted by Crippen LogP contribution is 2.40. The summed E-state index contributed by atoms with van der Waals surface area (Å²) in [6.07, 6.45) is 0.560. The van der Waals surface area contributed by atoms with Crippen LogP contribution in [0.3, 0.4) is 0 Å². The first-order valence-corrected chi connectivity index (χ1v) is 7.53. The van der Waals surface area contributed by atoms with Crippen LogP contribution in [0, 0.1) is 5.92 Å². The monoisotopic (exact) mass is 299 g/mol. The van der Waals surface area contributed by atoms with Crippen molar-refractivity contribution < 1.29 is 14.6 Å². The quantitative estimate of drug-likeness (QED) is 0.855. The highest BCUT2D eigenvalue weighted by Gasteiger charge is 2.47. The molecule has 0 bridgehead atoms. The third-order valence-corrected chi connectivity index (χ3v) is 4.64. The molecule has 4 nitrogen and oxygen atoms in total. The third kappa shape index (κ3) is 2.38. The maximum Gasteiger partial charge on any atom is 0.325 e. The molecule has 1 saturated heterocycles. The molecule has 0 spiro atoms. The summed E-state index contributed by atoms with van der Waals surface area (Å²) in [7, 11) is 1.40. The van der Waals surface area contributed by atoms with Crippen molar-refractivity contribution in [1.29, 1.82) is 0 Å². The molecule has 0 saturated carbocycles. The summed E-state index contributed by atoms with van der Waals surface area (Å²) in [6.45, 7) is 1.88. The second-order valence-corrected chi connectivity index (χ2v) is 6.16. The molecule has 1 fully saturated rings. The zero-order valence-electron chi connectivity index (χ0n) is 12.9. The van der Waals surface area contributed by atoms with Gasteiger partial charge in [-0.05, 0) is 29.7 Å². The molecule has 2 aromatic carbocycles. The van der Waals surface area contributed by atoms with Gasteiger partial charge in [0, 0.05) is 18.6 Å². The Morgan fingerprint density at radius 3 is 2.77 bits per heavy atom. The Kier molecular flexibility index (Phi) is 3.89. The average molecular weight is 299 g/mol. The van der Waals surface area contributed by atoms with Gasteiger partial charge in [0.1, 0.15) is 5.54 Å². The Morgan fingerprint density at radius 2 is 2.05 bits per heavy atom. The number of hydrogen-bond donors (Lipinski definition) is 2. The fraction of sp³-hybridized carbons (Fsp3) is 0.389. The average Bonchev–Trinajstić information content (AvgIpc) is 2.91. The third-order valence-electron chi connectivity index (χ3n) is 4.64. The first-order chi connectivity index (χ1) is 10.6. The van der Waals surface area contributed by atoms with Crippen LogP contribution >= 0.6 is 0 Å². The standard InChI is InChI=1S/C18H21NO3/c1-18(17(21)22-2)10-13(11-20)16(19-18)15-9-5-7-12-6-3-4-8-14(12)15/h3-9,13,16,19-20H,10-11H2,1-2H3/t13-,16-,18-/m0/s1. The Hall–Kier alpha value is -1.91. The van der Waals surface area contributed by atoms with E-state index in [4.69, 9.17) is 4.74 Å². The van der Waals surface area contributed by atoms with Gasteiger partial charge in [0.25, 0.3) is 0 Å². The number of esters is 1. The zero-order valence-corrected chi connectivity index (χ0v) is 12.9. The van der Waals surface area contributed by atoms with E-state index in [1.54, 1.807) is 0 Å². The van der Waals surface area contributed by atoms with E-state index in [0.29, 0.717) is 6.42 Å². The van der Waals surface area contributed by atoms with Crippen molar-refractivity contribution >= 4 is 16.7 Å². The van der Waals surface area contributed by atoms with E-state index in [-0.39, 0.29) is 24.5 Å². The fourth-order valence-corrected chi connectivity index (χ4v) is 3.55. The largest absolute Gasteiger partial charge is 0.468 e. The van der Waals surface area contributed by atoms with Crippen molar-refractivity contribution in [2.45, 2.75) is 24.9 Å². The van der Waals surface area contributed by atoms with Gasteiger partial charge >= 0.3 is 5.97 Å². The first-order valence-electron chi connectivity index (χ1n) is 7.53. The van der Waals surface area contributed by atoms with Crippen molar-refractivity contribution in [3.63, 3.8) is 0 Å². The minimum absolute atomic E-state index is 0.0186. The lowest BCUT2D eigenvalue weighted by atomic mass is 9.89. The first kappa shape index (κ1) is 15.0. The summed E-state index contributed by atoms with van der Waals surface area (Å²) in [5.74, 6) is -0.302. The van der Waals surface area contributed by atoms with Crippen LogP contribution in [0.2, 0.25) is 0 Å². The predicted octanol–water partition coefficient (Wildman–Crippen LogP) is 2.41. The van der Waals surface area contributed by atoms with Gasteiger partial charge in [-0.25, -0.2) is 0 Å². The number of benzene rings is 2. The number of aliphatic hydroxyl groups is 1. The number of ether oxygens (including phenoxy) is 1. The van der Waals surface area contributed by atoms with Crippen LogP contribution in [0.5, 0.6) is 0 Å². The highest BCUT2D eigenvalue weighted by molar-refractivity contribution is 5.87. The van der Waals surface area contributed by atoms with E-state index in [1.807, 2.05) is 25.1 Å². The van der Waals surface area contributed by atoms with Crippen LogP contribution in [-0.2, 0) is 9.53 Å². The molecule has 22 heavy (non-hydrogen) atoms. The summed E-state index contributed by atoms with van der Waals surface area (Å²) in [5, 5.41) is 15.5. The van der Waals surface area contributed by atoms with Gasteiger partial charge < -0.3 is 9.84 Å². The molecule has 0 aromatic heterocycles. The van der Waals surface area contributed by atoms with Gasteiger partial charge in [-0.2, -0.15) is 0 Å². The summed E-state index contributed by atoms with van der Waals surface area (Å²) >= 11 is 0. The van der Waals surface area contributed by atoms with E-state index in [9.17, 15) is 9.90 Å². The summed E-state index contributed by atoms with van der Waals surface area (Å²) in [6, 6.07) is 14.2. The Labute approximate surface area is 130 Å². The van der Waals surface area contributed by atoms with Crippen molar-refractivity contribution in [1.82, 2.24) is 5.32 Å². The van der Waals surface area contributed by atoms with Crippen molar-refractivity contribution in [2.24, 2.45) is 5.92 Å². The van der Waals surface area contributed by atoms with Crippen LogP contribution in [0.4, 0.5) is 0 Å². The molecule has 0 radical (unpaired) electrons. The molecule has 0 aliphatic carbocycles. The maximum absolute atomic E-state index is 12.1. The number of nitrogens with one attached hydrogen (secondary N) is 1. The number of rotatable bonds is 3. The van der Waals surface area contributed by atoms with E-state index >= 15 is 0 Å². The topological polar surface area (TPSA) is 58.6 Å². The van der Waals surface area contributed by atoms with Crippen LogP contribution in [-0.4, -0.2) is 30.3 Å². The lowest BCUT2D eigenvalue weighted by Crippen LogP contribution is -2.46. The Balaban J connectivity index is 2.04. The summed E-state index contributed by atoms with van der Waals surface area (Å²) < 4.78 is 4.92. The van der Waals surface area contributed by atoms with Crippen molar-refractivity contribution in [3.8, 4) is 0 Å². The number of carbonyl (C=O) groups excluding carboxylic acids is 1. The Morgan fingerprint density at radius 1 is 1.32 bits per heavy atom. The number of hydrogen-bond acceptors (Lipinski definition) is 4. The van der Waals surface area contributed by atoms with Crippen LogP contribution in [0.1, 0.15) is 24.9 Å². The van der Waals surface area contributed by atoms with E-state index in [1.165, 1.54) is 7.11 Å². The summed E-state index contributed by atoms with van der Waals surface area (Å²) in [4.78, 5) is 12.1. The number of methoxy groups -OCH3 is 1. The van der Waals surface area contributed by atoms with Gasteiger partial charge in [-0.15, -0.1) is 0 Å². The zero-order chi connectivity index (χ0) is 15.7. The molecule has 116 valence electrons. The molecule has 0 unspecified atom stereocenters. The smallest absolute Gasteiger partial charge is 0.325 e. The molecule has 2 aromatic rings. The molecular weight excluding hydrogens is 278 g/mol. The molecule has 2 N–H and O–H groups in total. The molecule has 1 aliphatic rings. The van der Waals surface area contributed by atoms with E-state index < -0.39 is 5.54 Å². The van der Waals surface area contributed by atoms with E-state index in [0.717, 1.165) is 16.3 Å². The van der Waals surface area contributed by atoms with E-state index in [2.05, 4.69) is 29.6 Å². The van der Waals surface area contributed by atoms with Gasteiger partial charge in [-0.1, -0.05) is 42.5 Å². The number of fused-ring (bicyclic) bond motifs is 1. The molecule has 3 atom stereocenters. The van der Waals surface area contributed by atoms with Crippen LogP contribution in [0.25, 0.3) is 10.8 Å². The molecular formula is C18H21NO3. The molecule has 4 heteroatoms. The predicted molar refractivity (Wildman–Crippen MR) is 85.4 cm³/mol. The molecule has 1 heterocycles. The molecule has 3 rings (SSSR count). The molecule has 0 amide bonds. The normalized spacial score (nSPS) is 28.0. The number of carbonyl (C=O) groups is 1. The minimum Gasteiger partial charge on any atom is -0.468 e. The second-order valence-electron chi connectivity index (χ2n) is 6.16. The van der Waals surface area contributed by atoms with Crippen LogP contribution < -0.4 is 5.32 Å². The van der Waals surface area contributed by atoms with Crippen molar-refractivity contribution in [2.75, 3.05) is 13.7 Å². The minimum atomic E-state index is -0.760. The lowest BCUT2D eigenvalue weighted by Gasteiger charge is -2.23. The van der Waals surface area contributed by atoms with Gasteiger partial charge in [-0.3, -0.25) is 10.1 Å². The second kappa shape index (κ2) is 5.71. The highest BCUT2D eigenvalue weighted by atomic mass is 16.5. The fourth-order valence-electron chi connectivity index (χ4n) is 3.55. The van der Waals surface area contributed by atoms with Gasteiger partial charge in [0.05, 0.1) is 7.11 Å². The lowest BCUT2D eigenvalue weighted by molar-refractivity contribution is -0.147. The van der Waals surface area contributed by atoms with Gasteiger partial charge in [0.15, 0.2) is 0 Å². The van der Waals surface area contributed by atoms with Crippen LogP contribution in [0.15, 0.2) is 42.5 Å². The molecule has 1 aliphatic heterocycles.